The first-order valence-corrected chi connectivity index (χ1v) is 12.2. The zero-order valence-electron chi connectivity index (χ0n) is 15.7. The van der Waals surface area contributed by atoms with Crippen molar-refractivity contribution in [2.75, 3.05) is 0 Å². The van der Waals surface area contributed by atoms with Crippen LogP contribution in [0.1, 0.15) is 13.3 Å². The van der Waals surface area contributed by atoms with Gasteiger partial charge in [0.25, 0.3) is 0 Å². The van der Waals surface area contributed by atoms with Crippen LogP contribution >= 0.6 is 0 Å². The van der Waals surface area contributed by atoms with Crippen molar-refractivity contribution in [2.45, 2.75) is 39.7 Å². The predicted octanol–water partition coefficient (Wildman–Crippen LogP) is 3.95. The summed E-state index contributed by atoms with van der Waals surface area (Å²) < 4.78 is 54.2. The standard InChI is InChI=1S/C20H21N3O4S2/c1-2-15-13-14-18(22-23-21)20(29(26,27)17-11-7-4-8-12-17)19(15)28(24,25)16-9-5-3-6-10-16/h3-15,18-20H,2H2,1H3/t15-,18-,19-,20-/m0/s1. The Hall–Kier alpha value is -2.61. The van der Waals surface area contributed by atoms with Gasteiger partial charge in [0.15, 0.2) is 19.7 Å². The van der Waals surface area contributed by atoms with Gasteiger partial charge in [-0.05, 0) is 42.1 Å². The van der Waals surface area contributed by atoms with Gasteiger partial charge in [-0.25, -0.2) is 16.8 Å². The SMILES string of the molecule is CC[C@H]1C=C[C@H](N=[N+]=[N-])[C@H](S(=O)(=O)c2ccccc2)[C@H]1S(=O)(=O)c1ccccc1. The average molecular weight is 432 g/mol. The summed E-state index contributed by atoms with van der Waals surface area (Å²) >= 11 is 0. The summed E-state index contributed by atoms with van der Waals surface area (Å²) in [6, 6.07) is 14.3. The summed E-state index contributed by atoms with van der Waals surface area (Å²) in [7, 11) is -8.14. The number of sulfone groups is 2. The Morgan fingerprint density at radius 3 is 1.76 bits per heavy atom. The summed E-state index contributed by atoms with van der Waals surface area (Å²) in [5.41, 5.74) is 8.98. The van der Waals surface area contributed by atoms with Gasteiger partial charge in [-0.2, -0.15) is 0 Å². The van der Waals surface area contributed by atoms with E-state index in [-0.39, 0.29) is 9.79 Å². The Kier molecular flexibility index (Phi) is 6.12. The van der Waals surface area contributed by atoms with Crippen LogP contribution in [-0.4, -0.2) is 33.4 Å². The lowest BCUT2D eigenvalue weighted by Crippen LogP contribution is -2.51. The highest BCUT2D eigenvalue weighted by Crippen LogP contribution is 2.38. The lowest BCUT2D eigenvalue weighted by atomic mass is 9.90. The van der Waals surface area contributed by atoms with E-state index in [1.54, 1.807) is 42.5 Å². The molecule has 0 N–H and O–H groups in total. The second-order valence-corrected chi connectivity index (χ2v) is 11.0. The molecule has 0 amide bonds. The second kappa shape index (κ2) is 8.41. The van der Waals surface area contributed by atoms with Gasteiger partial charge >= 0.3 is 0 Å². The highest BCUT2D eigenvalue weighted by Gasteiger charge is 2.50. The number of hydrogen-bond acceptors (Lipinski definition) is 5. The van der Waals surface area contributed by atoms with Crippen LogP contribution in [0.5, 0.6) is 0 Å². The Bertz CT molecular complexity index is 1140. The van der Waals surface area contributed by atoms with Gasteiger partial charge in [-0.3, -0.25) is 0 Å². The molecule has 2 aromatic carbocycles. The molecule has 1 aliphatic rings. The maximum atomic E-state index is 13.6. The van der Waals surface area contributed by atoms with Crippen molar-refractivity contribution in [3.05, 3.63) is 83.3 Å². The first kappa shape index (κ1) is 21.1. The van der Waals surface area contributed by atoms with Crippen LogP contribution in [0.15, 0.2) is 87.7 Å². The normalized spacial score (nSPS) is 24.6. The van der Waals surface area contributed by atoms with Crippen molar-refractivity contribution < 1.29 is 16.8 Å². The Labute approximate surface area is 170 Å². The number of azide groups is 1. The van der Waals surface area contributed by atoms with Gasteiger partial charge in [0.2, 0.25) is 0 Å². The van der Waals surface area contributed by atoms with Gasteiger partial charge in [0.05, 0.1) is 26.3 Å². The van der Waals surface area contributed by atoms with E-state index < -0.39 is 42.1 Å². The van der Waals surface area contributed by atoms with Gasteiger partial charge in [0, 0.05) is 4.91 Å². The first-order chi connectivity index (χ1) is 13.8. The maximum absolute atomic E-state index is 13.6. The van der Waals surface area contributed by atoms with Gasteiger partial charge < -0.3 is 0 Å². The summed E-state index contributed by atoms with van der Waals surface area (Å²) in [6.07, 6.45) is 3.59. The fraction of sp³-hybridized carbons (Fsp3) is 0.300. The van der Waals surface area contributed by atoms with E-state index in [1.807, 2.05) is 6.92 Å². The first-order valence-electron chi connectivity index (χ1n) is 9.14. The summed E-state index contributed by atoms with van der Waals surface area (Å²) in [5, 5.41) is 0.926. The molecule has 4 atom stereocenters. The Morgan fingerprint density at radius 1 is 0.828 bits per heavy atom. The van der Waals surface area contributed by atoms with E-state index in [4.69, 9.17) is 5.53 Å². The van der Waals surface area contributed by atoms with Crippen molar-refractivity contribution in [1.29, 1.82) is 0 Å². The van der Waals surface area contributed by atoms with Crippen molar-refractivity contribution in [3.63, 3.8) is 0 Å². The highest BCUT2D eigenvalue weighted by atomic mass is 32.2. The predicted molar refractivity (Wildman–Crippen MR) is 111 cm³/mol. The molecule has 1 aliphatic carbocycles. The molecule has 0 fully saturated rings. The molecule has 3 rings (SSSR count). The lowest BCUT2D eigenvalue weighted by molar-refractivity contribution is 0.463. The monoisotopic (exact) mass is 431 g/mol. The number of benzene rings is 2. The average Bonchev–Trinajstić information content (AvgIpc) is 2.74. The molecular weight excluding hydrogens is 410 g/mol. The molecule has 0 saturated heterocycles. The molecule has 0 unspecified atom stereocenters. The minimum atomic E-state index is -4.11. The van der Waals surface area contributed by atoms with E-state index in [2.05, 4.69) is 10.0 Å². The Morgan fingerprint density at radius 2 is 1.31 bits per heavy atom. The van der Waals surface area contributed by atoms with Crippen LogP contribution in [0.3, 0.4) is 0 Å². The van der Waals surface area contributed by atoms with E-state index >= 15 is 0 Å². The van der Waals surface area contributed by atoms with E-state index in [0.29, 0.717) is 6.42 Å². The minimum Gasteiger partial charge on any atom is -0.223 e. The summed E-state index contributed by atoms with van der Waals surface area (Å²) in [4.78, 5) is 2.82. The highest BCUT2D eigenvalue weighted by molar-refractivity contribution is 7.96. The topological polar surface area (TPSA) is 117 Å². The van der Waals surface area contributed by atoms with E-state index in [0.717, 1.165) is 0 Å². The fourth-order valence-electron chi connectivity index (χ4n) is 3.75. The van der Waals surface area contributed by atoms with Crippen molar-refractivity contribution in [1.82, 2.24) is 0 Å². The molecule has 0 aromatic heterocycles. The smallest absolute Gasteiger partial charge is 0.183 e. The van der Waals surface area contributed by atoms with Crippen molar-refractivity contribution in [3.8, 4) is 0 Å². The lowest BCUT2D eigenvalue weighted by Gasteiger charge is -2.37. The molecule has 0 aliphatic heterocycles. The third kappa shape index (κ3) is 3.94. The van der Waals surface area contributed by atoms with Gasteiger partial charge in [0.1, 0.15) is 0 Å². The maximum Gasteiger partial charge on any atom is 0.183 e. The van der Waals surface area contributed by atoms with Crippen LogP contribution in [-0.2, 0) is 19.7 Å². The zero-order valence-corrected chi connectivity index (χ0v) is 17.4. The molecule has 0 spiro atoms. The van der Waals surface area contributed by atoms with Crippen molar-refractivity contribution in [2.24, 2.45) is 11.0 Å². The minimum absolute atomic E-state index is 0.00144. The van der Waals surface area contributed by atoms with Crippen LogP contribution < -0.4 is 0 Å². The zero-order chi connectivity index (χ0) is 21.1. The molecule has 7 nitrogen and oxygen atoms in total. The Balaban J connectivity index is 2.26. The van der Waals surface area contributed by atoms with Crippen LogP contribution in [0, 0.1) is 5.92 Å². The number of rotatable bonds is 6. The number of allylic oxidation sites excluding steroid dienone is 1. The molecule has 29 heavy (non-hydrogen) atoms. The second-order valence-electron chi connectivity index (χ2n) is 6.80. The van der Waals surface area contributed by atoms with Crippen molar-refractivity contribution >= 4 is 19.7 Å². The molecule has 0 bridgehead atoms. The number of hydrogen-bond donors (Lipinski definition) is 0. The molecule has 152 valence electrons. The molecule has 2 aromatic rings. The molecule has 0 heterocycles. The quantitative estimate of drug-likeness (QED) is 0.298. The molecular formula is C20H21N3O4S2. The van der Waals surface area contributed by atoms with Crippen LogP contribution in [0.4, 0.5) is 0 Å². The third-order valence-corrected chi connectivity index (χ3v) is 9.83. The number of nitrogens with zero attached hydrogens (tertiary/aromatic N) is 3. The van der Waals surface area contributed by atoms with Gasteiger partial charge in [-0.15, -0.1) is 0 Å². The largest absolute Gasteiger partial charge is 0.223 e. The molecule has 0 radical (unpaired) electrons. The van der Waals surface area contributed by atoms with E-state index in [1.165, 1.54) is 30.3 Å². The van der Waals surface area contributed by atoms with E-state index in [9.17, 15) is 16.8 Å². The fourth-order valence-corrected chi connectivity index (χ4v) is 8.65. The van der Waals surface area contributed by atoms with Gasteiger partial charge in [-0.1, -0.05) is 60.6 Å². The summed E-state index contributed by atoms with van der Waals surface area (Å²) in [6.45, 7) is 1.81. The summed E-state index contributed by atoms with van der Waals surface area (Å²) in [5.74, 6) is -0.533. The van der Waals surface area contributed by atoms with Crippen LogP contribution in [0.25, 0.3) is 10.4 Å². The van der Waals surface area contributed by atoms with Crippen LogP contribution in [0.2, 0.25) is 0 Å². The third-order valence-electron chi connectivity index (χ3n) is 5.15. The molecule has 9 heteroatoms. The molecule has 0 saturated carbocycles.